The Balaban J connectivity index is 1.39. The van der Waals surface area contributed by atoms with Gasteiger partial charge in [0, 0.05) is 43.3 Å². The van der Waals surface area contributed by atoms with Crippen molar-refractivity contribution in [1.82, 2.24) is 20.0 Å². The van der Waals surface area contributed by atoms with Crippen molar-refractivity contribution in [3.63, 3.8) is 0 Å². The SMILES string of the molecule is O=C(c1cc(-c2ccc(Cl)cc2Cl)n[nH]1)N1CCN(Cc2ccccc2)CC1. The maximum absolute atomic E-state index is 12.8. The van der Waals surface area contributed by atoms with Gasteiger partial charge < -0.3 is 4.90 Å². The van der Waals surface area contributed by atoms with Crippen LogP contribution in [-0.2, 0) is 6.54 Å². The maximum Gasteiger partial charge on any atom is 0.271 e. The number of nitrogens with zero attached hydrogens (tertiary/aromatic N) is 3. The quantitative estimate of drug-likeness (QED) is 0.690. The molecule has 0 aliphatic carbocycles. The Labute approximate surface area is 173 Å². The summed E-state index contributed by atoms with van der Waals surface area (Å²) in [4.78, 5) is 17.1. The Hall–Kier alpha value is -2.34. The second-order valence-electron chi connectivity index (χ2n) is 6.84. The molecular weight excluding hydrogens is 395 g/mol. The third-order valence-corrected chi connectivity index (χ3v) is 5.47. The van der Waals surface area contributed by atoms with Gasteiger partial charge in [-0.2, -0.15) is 5.10 Å². The van der Waals surface area contributed by atoms with Crippen molar-refractivity contribution < 1.29 is 4.79 Å². The van der Waals surface area contributed by atoms with Gasteiger partial charge >= 0.3 is 0 Å². The molecule has 1 aliphatic heterocycles. The number of hydrogen-bond acceptors (Lipinski definition) is 3. The van der Waals surface area contributed by atoms with Crippen LogP contribution in [0.15, 0.2) is 54.6 Å². The predicted molar refractivity (Wildman–Crippen MR) is 112 cm³/mol. The van der Waals surface area contributed by atoms with Gasteiger partial charge in [0.25, 0.3) is 5.91 Å². The van der Waals surface area contributed by atoms with E-state index in [9.17, 15) is 4.79 Å². The number of aromatic amines is 1. The summed E-state index contributed by atoms with van der Waals surface area (Å²) in [6, 6.07) is 17.4. The van der Waals surface area contributed by atoms with E-state index < -0.39 is 0 Å². The number of carbonyl (C=O) groups excluding carboxylic acids is 1. The third kappa shape index (κ3) is 4.22. The molecule has 1 saturated heterocycles. The summed E-state index contributed by atoms with van der Waals surface area (Å²) in [7, 11) is 0. The first-order chi connectivity index (χ1) is 13.6. The summed E-state index contributed by atoms with van der Waals surface area (Å²) in [6.45, 7) is 4.00. The van der Waals surface area contributed by atoms with Gasteiger partial charge in [-0.15, -0.1) is 0 Å². The first kappa shape index (κ1) is 19.0. The highest BCUT2D eigenvalue weighted by Gasteiger charge is 2.24. The first-order valence-corrected chi connectivity index (χ1v) is 9.92. The van der Waals surface area contributed by atoms with E-state index in [0.29, 0.717) is 34.5 Å². The number of nitrogens with one attached hydrogen (secondary N) is 1. The lowest BCUT2D eigenvalue weighted by molar-refractivity contribution is 0.0622. The molecule has 0 bridgehead atoms. The van der Waals surface area contributed by atoms with Crippen LogP contribution in [0.25, 0.3) is 11.3 Å². The van der Waals surface area contributed by atoms with Gasteiger partial charge in [0.15, 0.2) is 0 Å². The van der Waals surface area contributed by atoms with Crippen LogP contribution in [0.3, 0.4) is 0 Å². The van der Waals surface area contributed by atoms with Crippen LogP contribution in [0.1, 0.15) is 16.1 Å². The Kier molecular flexibility index (Phi) is 5.67. The van der Waals surface area contributed by atoms with Gasteiger partial charge in [-0.1, -0.05) is 53.5 Å². The zero-order chi connectivity index (χ0) is 19.5. The Morgan fingerprint density at radius 3 is 2.46 bits per heavy atom. The van der Waals surface area contributed by atoms with Crippen LogP contribution in [0, 0.1) is 0 Å². The molecular formula is C21H20Cl2N4O. The second kappa shape index (κ2) is 8.35. The fourth-order valence-electron chi connectivity index (χ4n) is 3.39. The molecule has 1 fully saturated rings. The summed E-state index contributed by atoms with van der Waals surface area (Å²) in [6.07, 6.45) is 0. The van der Waals surface area contributed by atoms with Gasteiger partial charge in [-0.05, 0) is 29.8 Å². The van der Waals surface area contributed by atoms with E-state index in [1.54, 1.807) is 24.3 Å². The Morgan fingerprint density at radius 1 is 1.00 bits per heavy atom. The van der Waals surface area contributed by atoms with Crippen molar-refractivity contribution >= 4 is 29.1 Å². The summed E-state index contributed by atoms with van der Waals surface area (Å²) in [5, 5.41) is 8.17. The van der Waals surface area contributed by atoms with Crippen LogP contribution in [-0.4, -0.2) is 52.1 Å². The van der Waals surface area contributed by atoms with Crippen molar-refractivity contribution in [1.29, 1.82) is 0 Å². The third-order valence-electron chi connectivity index (χ3n) is 4.92. The summed E-state index contributed by atoms with van der Waals surface area (Å²) in [5.74, 6) is -0.0387. The van der Waals surface area contributed by atoms with Gasteiger partial charge in [-0.25, -0.2) is 0 Å². The molecule has 5 nitrogen and oxygen atoms in total. The lowest BCUT2D eigenvalue weighted by atomic mass is 10.1. The highest BCUT2D eigenvalue weighted by Crippen LogP contribution is 2.29. The maximum atomic E-state index is 12.8. The predicted octanol–water partition coefficient (Wildman–Crippen LogP) is 4.34. The average Bonchev–Trinajstić information content (AvgIpc) is 3.19. The van der Waals surface area contributed by atoms with E-state index in [2.05, 4.69) is 39.4 Å². The van der Waals surface area contributed by atoms with Gasteiger partial charge in [-0.3, -0.25) is 14.8 Å². The molecule has 1 amide bonds. The number of aromatic nitrogens is 2. The molecule has 1 N–H and O–H groups in total. The standard InChI is InChI=1S/C21H20Cl2N4O/c22-16-6-7-17(18(23)12-16)19-13-20(25-24-19)21(28)27-10-8-26(9-11-27)14-15-4-2-1-3-5-15/h1-7,12-13H,8-11,14H2,(H,24,25). The summed E-state index contributed by atoms with van der Waals surface area (Å²) >= 11 is 12.2. The largest absolute Gasteiger partial charge is 0.335 e. The fourth-order valence-corrected chi connectivity index (χ4v) is 3.89. The molecule has 0 unspecified atom stereocenters. The van der Waals surface area contributed by atoms with E-state index in [1.807, 2.05) is 11.0 Å². The van der Waals surface area contributed by atoms with Crippen molar-refractivity contribution in [2.45, 2.75) is 6.54 Å². The lowest BCUT2D eigenvalue weighted by Crippen LogP contribution is -2.48. The highest BCUT2D eigenvalue weighted by molar-refractivity contribution is 6.36. The van der Waals surface area contributed by atoms with Crippen LogP contribution < -0.4 is 0 Å². The molecule has 2 heterocycles. The molecule has 144 valence electrons. The molecule has 7 heteroatoms. The summed E-state index contributed by atoms with van der Waals surface area (Å²) in [5.41, 5.74) is 3.14. The number of rotatable bonds is 4. The average molecular weight is 415 g/mol. The van der Waals surface area contributed by atoms with Gasteiger partial charge in [0.05, 0.1) is 10.7 Å². The van der Waals surface area contributed by atoms with Crippen molar-refractivity contribution in [2.24, 2.45) is 0 Å². The minimum Gasteiger partial charge on any atom is -0.335 e. The van der Waals surface area contributed by atoms with Crippen LogP contribution in [0.2, 0.25) is 10.0 Å². The number of piperazine rings is 1. The number of hydrogen-bond donors (Lipinski definition) is 1. The molecule has 0 spiro atoms. The Bertz CT molecular complexity index is 966. The minimum absolute atomic E-state index is 0.0387. The Morgan fingerprint density at radius 2 is 1.75 bits per heavy atom. The fraction of sp³-hybridized carbons (Fsp3) is 0.238. The van der Waals surface area contributed by atoms with E-state index in [0.717, 1.165) is 25.2 Å². The molecule has 0 atom stereocenters. The lowest BCUT2D eigenvalue weighted by Gasteiger charge is -2.34. The van der Waals surface area contributed by atoms with Crippen LogP contribution in [0.4, 0.5) is 0 Å². The monoisotopic (exact) mass is 414 g/mol. The topological polar surface area (TPSA) is 52.2 Å². The number of halogens is 2. The molecule has 0 radical (unpaired) electrons. The zero-order valence-electron chi connectivity index (χ0n) is 15.2. The smallest absolute Gasteiger partial charge is 0.271 e. The van der Waals surface area contributed by atoms with E-state index in [1.165, 1.54) is 5.56 Å². The minimum atomic E-state index is -0.0387. The molecule has 1 aromatic heterocycles. The van der Waals surface area contributed by atoms with Crippen molar-refractivity contribution in [3.05, 3.63) is 75.9 Å². The zero-order valence-corrected chi connectivity index (χ0v) is 16.7. The van der Waals surface area contributed by atoms with E-state index >= 15 is 0 Å². The number of benzene rings is 2. The molecule has 4 rings (SSSR count). The highest BCUT2D eigenvalue weighted by atomic mass is 35.5. The second-order valence-corrected chi connectivity index (χ2v) is 7.69. The van der Waals surface area contributed by atoms with Gasteiger partial charge in [0.1, 0.15) is 5.69 Å². The van der Waals surface area contributed by atoms with Crippen molar-refractivity contribution in [3.8, 4) is 11.3 Å². The molecule has 3 aromatic rings. The van der Waals surface area contributed by atoms with Gasteiger partial charge in [0.2, 0.25) is 0 Å². The molecule has 1 aliphatic rings. The number of amides is 1. The first-order valence-electron chi connectivity index (χ1n) is 9.16. The number of carbonyl (C=O) groups is 1. The van der Waals surface area contributed by atoms with Crippen LogP contribution in [0.5, 0.6) is 0 Å². The summed E-state index contributed by atoms with van der Waals surface area (Å²) < 4.78 is 0. The van der Waals surface area contributed by atoms with E-state index in [4.69, 9.17) is 23.2 Å². The molecule has 28 heavy (non-hydrogen) atoms. The number of H-pyrrole nitrogens is 1. The van der Waals surface area contributed by atoms with Crippen LogP contribution >= 0.6 is 23.2 Å². The normalized spacial score (nSPS) is 15.0. The van der Waals surface area contributed by atoms with Crippen molar-refractivity contribution in [2.75, 3.05) is 26.2 Å². The molecule has 0 saturated carbocycles. The van der Waals surface area contributed by atoms with E-state index in [-0.39, 0.29) is 5.91 Å². The molecule has 2 aromatic carbocycles.